The second-order valence-corrected chi connectivity index (χ2v) is 14.6. The standard InChI is InChI=1S/C41H55N5O4/c1-5-7-19-44(20-8-6-2)39(47)35-25-38(42(4)29(35)3)36-23-31-16-21-45(41(49)50)26-33(31)24-37(36)40(48)46-27-32-15-11-10-14-30(32)22-34(46)28-43-17-12-9-13-18-43/h10-11,14-15,23-25,34H,5-9,12-13,16-22,26-28H2,1-4H3,(H,49,50)/t34-/m0/s1. The van der Waals surface area contributed by atoms with Gasteiger partial charge in [0.1, 0.15) is 0 Å². The third kappa shape index (κ3) is 7.48. The molecule has 1 fully saturated rings. The van der Waals surface area contributed by atoms with Crippen LogP contribution in [0.25, 0.3) is 11.3 Å². The van der Waals surface area contributed by atoms with Gasteiger partial charge in [-0.25, -0.2) is 4.79 Å². The predicted octanol–water partition coefficient (Wildman–Crippen LogP) is 7.13. The van der Waals surface area contributed by atoms with Crippen molar-refractivity contribution in [1.29, 1.82) is 0 Å². The van der Waals surface area contributed by atoms with E-state index in [2.05, 4.69) is 52.5 Å². The first-order valence-corrected chi connectivity index (χ1v) is 18.9. The van der Waals surface area contributed by atoms with E-state index in [9.17, 15) is 14.7 Å². The Hall–Kier alpha value is -4.11. The lowest BCUT2D eigenvalue weighted by atomic mass is 9.89. The number of unbranched alkanes of at least 4 members (excludes halogenated alkanes) is 2. The number of aromatic nitrogens is 1. The maximum Gasteiger partial charge on any atom is 0.407 e. The smallest absolute Gasteiger partial charge is 0.407 e. The van der Waals surface area contributed by atoms with E-state index in [1.807, 2.05) is 37.1 Å². The molecule has 1 aromatic heterocycles. The van der Waals surface area contributed by atoms with Gasteiger partial charge in [-0.05, 0) is 99.0 Å². The first kappa shape index (κ1) is 35.7. The number of benzene rings is 2. The lowest BCUT2D eigenvalue weighted by Gasteiger charge is -2.41. The molecule has 9 nitrogen and oxygen atoms in total. The molecule has 1 atom stereocenters. The fourth-order valence-electron chi connectivity index (χ4n) is 8.10. The Morgan fingerprint density at radius 3 is 2.22 bits per heavy atom. The summed E-state index contributed by atoms with van der Waals surface area (Å²) in [5.41, 5.74) is 8.20. The average Bonchev–Trinajstić information content (AvgIpc) is 3.43. The molecule has 0 spiro atoms. The lowest BCUT2D eigenvalue weighted by molar-refractivity contribution is 0.0566. The van der Waals surface area contributed by atoms with Crippen molar-refractivity contribution in [3.8, 4) is 11.3 Å². The normalized spacial score (nSPS) is 17.7. The largest absolute Gasteiger partial charge is 0.465 e. The number of rotatable bonds is 11. The van der Waals surface area contributed by atoms with Crippen LogP contribution in [-0.4, -0.2) is 92.5 Å². The fourth-order valence-corrected chi connectivity index (χ4v) is 8.10. The molecule has 3 amide bonds. The van der Waals surface area contributed by atoms with Crippen molar-refractivity contribution >= 4 is 17.9 Å². The van der Waals surface area contributed by atoms with Crippen molar-refractivity contribution in [3.05, 3.63) is 81.5 Å². The molecular formula is C41H55N5O4. The molecule has 0 saturated carbocycles. The van der Waals surface area contributed by atoms with Gasteiger partial charge in [-0.2, -0.15) is 0 Å². The molecule has 3 aromatic rings. The van der Waals surface area contributed by atoms with Crippen LogP contribution < -0.4 is 0 Å². The minimum atomic E-state index is -0.946. The number of nitrogens with zero attached hydrogens (tertiary/aromatic N) is 5. The number of carbonyl (C=O) groups is 3. The van der Waals surface area contributed by atoms with Gasteiger partial charge >= 0.3 is 6.09 Å². The minimum Gasteiger partial charge on any atom is -0.465 e. The van der Waals surface area contributed by atoms with E-state index in [4.69, 9.17) is 0 Å². The average molecular weight is 682 g/mol. The summed E-state index contributed by atoms with van der Waals surface area (Å²) in [6.07, 6.45) is 8.04. The molecule has 1 saturated heterocycles. The number of hydrogen-bond acceptors (Lipinski definition) is 4. The monoisotopic (exact) mass is 681 g/mol. The molecule has 3 aliphatic heterocycles. The SMILES string of the molecule is CCCCN(CCCC)C(=O)c1cc(-c2cc3c(cc2C(=O)N2Cc4ccccc4C[C@H]2CN2CCCCC2)CN(C(=O)O)CC3)n(C)c1C. The summed E-state index contributed by atoms with van der Waals surface area (Å²) in [4.78, 5) is 49.2. The number of likely N-dealkylation sites (tertiary alicyclic amines) is 1. The molecular weight excluding hydrogens is 626 g/mol. The second-order valence-electron chi connectivity index (χ2n) is 14.6. The molecule has 9 heteroatoms. The summed E-state index contributed by atoms with van der Waals surface area (Å²) in [6, 6.07) is 14.5. The van der Waals surface area contributed by atoms with Crippen molar-refractivity contribution in [1.82, 2.24) is 24.2 Å². The Kier molecular flexibility index (Phi) is 11.3. The number of carbonyl (C=O) groups excluding carboxylic acids is 2. The topological polar surface area (TPSA) is 89.3 Å². The van der Waals surface area contributed by atoms with Crippen molar-refractivity contribution in [2.45, 2.75) is 97.7 Å². The molecule has 0 radical (unpaired) electrons. The predicted molar refractivity (Wildman–Crippen MR) is 198 cm³/mol. The zero-order valence-electron chi connectivity index (χ0n) is 30.5. The Labute approximate surface area is 297 Å². The number of hydrogen-bond donors (Lipinski definition) is 1. The summed E-state index contributed by atoms with van der Waals surface area (Å²) >= 11 is 0. The first-order valence-electron chi connectivity index (χ1n) is 18.9. The summed E-state index contributed by atoms with van der Waals surface area (Å²) < 4.78 is 2.06. The van der Waals surface area contributed by atoms with Crippen molar-refractivity contribution in [2.75, 3.05) is 39.3 Å². The summed E-state index contributed by atoms with van der Waals surface area (Å²) in [6.45, 7) is 11.9. The summed E-state index contributed by atoms with van der Waals surface area (Å²) in [7, 11) is 1.99. The van der Waals surface area contributed by atoms with Gasteiger partial charge in [-0.1, -0.05) is 57.4 Å². The van der Waals surface area contributed by atoms with Crippen LogP contribution in [0.15, 0.2) is 42.5 Å². The number of piperidine rings is 1. The van der Waals surface area contributed by atoms with Gasteiger partial charge in [0, 0.05) is 74.9 Å². The van der Waals surface area contributed by atoms with Crippen LogP contribution in [0, 0.1) is 6.92 Å². The number of fused-ring (bicyclic) bond motifs is 2. The number of amides is 3. The molecule has 0 aliphatic carbocycles. The molecule has 4 heterocycles. The molecule has 0 unspecified atom stereocenters. The molecule has 2 aromatic carbocycles. The Morgan fingerprint density at radius 2 is 1.54 bits per heavy atom. The van der Waals surface area contributed by atoms with Crippen molar-refractivity contribution in [2.24, 2.45) is 7.05 Å². The maximum absolute atomic E-state index is 15.1. The highest BCUT2D eigenvalue weighted by molar-refractivity contribution is 6.03. The van der Waals surface area contributed by atoms with Crippen molar-refractivity contribution in [3.63, 3.8) is 0 Å². The highest BCUT2D eigenvalue weighted by Gasteiger charge is 2.35. The van der Waals surface area contributed by atoms with Gasteiger partial charge in [-0.15, -0.1) is 0 Å². The van der Waals surface area contributed by atoms with Gasteiger partial charge in [0.2, 0.25) is 0 Å². The van der Waals surface area contributed by atoms with Crippen LogP contribution in [0.3, 0.4) is 0 Å². The van der Waals surface area contributed by atoms with E-state index in [0.717, 1.165) is 92.9 Å². The first-order chi connectivity index (χ1) is 24.2. The summed E-state index contributed by atoms with van der Waals surface area (Å²) in [5.74, 6) is 0.00873. The van der Waals surface area contributed by atoms with E-state index in [1.54, 1.807) is 0 Å². The lowest BCUT2D eigenvalue weighted by Crippen LogP contribution is -2.51. The van der Waals surface area contributed by atoms with Crippen LogP contribution in [-0.2, 0) is 33.0 Å². The quantitative estimate of drug-likeness (QED) is 0.233. The third-order valence-electron chi connectivity index (χ3n) is 11.3. The minimum absolute atomic E-state index is 0.0212. The summed E-state index contributed by atoms with van der Waals surface area (Å²) in [5, 5.41) is 9.84. The molecule has 0 bridgehead atoms. The van der Waals surface area contributed by atoms with Crippen LogP contribution in [0.1, 0.15) is 107 Å². The molecule has 6 rings (SSSR count). The Balaban J connectivity index is 1.43. The third-order valence-corrected chi connectivity index (χ3v) is 11.3. The fraction of sp³-hybridized carbons (Fsp3) is 0.537. The van der Waals surface area contributed by atoms with E-state index in [1.165, 1.54) is 35.3 Å². The van der Waals surface area contributed by atoms with E-state index < -0.39 is 6.09 Å². The van der Waals surface area contributed by atoms with Crippen LogP contribution in [0.5, 0.6) is 0 Å². The molecule has 3 aliphatic rings. The van der Waals surface area contributed by atoms with Gasteiger partial charge < -0.3 is 29.3 Å². The maximum atomic E-state index is 15.1. The van der Waals surface area contributed by atoms with Gasteiger partial charge in [-0.3, -0.25) is 9.59 Å². The Bertz CT molecular complexity index is 1700. The Morgan fingerprint density at radius 1 is 0.840 bits per heavy atom. The molecule has 268 valence electrons. The highest BCUT2D eigenvalue weighted by Crippen LogP contribution is 2.36. The van der Waals surface area contributed by atoms with Gasteiger partial charge in [0.05, 0.1) is 5.56 Å². The van der Waals surface area contributed by atoms with E-state index in [-0.39, 0.29) is 24.4 Å². The van der Waals surface area contributed by atoms with Crippen LogP contribution in [0.4, 0.5) is 4.79 Å². The zero-order chi connectivity index (χ0) is 35.4. The van der Waals surface area contributed by atoms with Crippen LogP contribution in [0.2, 0.25) is 0 Å². The highest BCUT2D eigenvalue weighted by atomic mass is 16.4. The number of carboxylic acid groups (broad SMARTS) is 1. The van der Waals surface area contributed by atoms with Gasteiger partial charge in [0.25, 0.3) is 11.8 Å². The molecule has 50 heavy (non-hydrogen) atoms. The van der Waals surface area contributed by atoms with Gasteiger partial charge in [0.15, 0.2) is 0 Å². The second kappa shape index (κ2) is 15.8. The zero-order valence-corrected chi connectivity index (χ0v) is 30.5. The van der Waals surface area contributed by atoms with E-state index >= 15 is 4.79 Å². The van der Waals surface area contributed by atoms with Crippen molar-refractivity contribution < 1.29 is 19.5 Å². The van der Waals surface area contributed by atoms with Crippen LogP contribution >= 0.6 is 0 Å². The van der Waals surface area contributed by atoms with E-state index in [0.29, 0.717) is 30.6 Å². The molecule has 1 N–H and O–H groups in total.